The summed E-state index contributed by atoms with van der Waals surface area (Å²) in [5, 5.41) is 0. The van der Waals surface area contributed by atoms with E-state index in [0.717, 1.165) is 13.0 Å². The van der Waals surface area contributed by atoms with Gasteiger partial charge in [-0.1, -0.05) is 0 Å². The second kappa shape index (κ2) is 3.82. The summed E-state index contributed by atoms with van der Waals surface area (Å²) >= 11 is 0. The highest BCUT2D eigenvalue weighted by Crippen LogP contribution is 2.10. The second-order valence-corrected chi connectivity index (χ2v) is 4.26. The Bertz CT molecular complexity index is 368. The van der Waals surface area contributed by atoms with E-state index in [0.29, 0.717) is 12.3 Å². The predicted molar refractivity (Wildman–Crippen MR) is 54.0 cm³/mol. The van der Waals surface area contributed by atoms with Crippen LogP contribution in [0.5, 0.6) is 0 Å². The molecule has 0 unspecified atom stereocenters. The minimum Gasteiger partial charge on any atom is -0.369 e. The SMILES string of the molecule is CN1CCC/C1=N\S(=O)(=O)N=C(N)N. The Morgan fingerprint density at radius 1 is 1.50 bits per heavy atom. The lowest BCUT2D eigenvalue weighted by Crippen LogP contribution is -2.25. The molecule has 4 N–H and O–H groups in total. The molecule has 0 aromatic carbocycles. The Morgan fingerprint density at radius 3 is 2.57 bits per heavy atom. The van der Waals surface area contributed by atoms with Crippen LogP contribution in [0.4, 0.5) is 0 Å². The van der Waals surface area contributed by atoms with Crippen molar-refractivity contribution in [3.8, 4) is 0 Å². The van der Waals surface area contributed by atoms with Gasteiger partial charge >= 0.3 is 10.2 Å². The van der Waals surface area contributed by atoms with Gasteiger partial charge in [0.2, 0.25) is 5.96 Å². The lowest BCUT2D eigenvalue weighted by molar-refractivity contribution is 0.548. The van der Waals surface area contributed by atoms with Crippen LogP contribution in [0.15, 0.2) is 8.80 Å². The fourth-order valence-electron chi connectivity index (χ4n) is 1.20. The topological polar surface area (TPSA) is 114 Å². The average Bonchev–Trinajstić information content (AvgIpc) is 2.32. The maximum Gasteiger partial charge on any atom is 0.367 e. The highest BCUT2D eigenvalue weighted by molar-refractivity contribution is 7.89. The van der Waals surface area contributed by atoms with Crippen LogP contribution in [0, 0.1) is 0 Å². The quantitative estimate of drug-likeness (QED) is 0.439. The molecule has 8 heteroatoms. The molecule has 0 spiro atoms. The van der Waals surface area contributed by atoms with E-state index in [1.165, 1.54) is 0 Å². The number of amidine groups is 1. The zero-order valence-electron chi connectivity index (χ0n) is 7.84. The molecular weight excluding hydrogens is 206 g/mol. The molecule has 1 saturated heterocycles. The van der Waals surface area contributed by atoms with Gasteiger partial charge in [-0.3, -0.25) is 0 Å². The normalized spacial score (nSPS) is 20.1. The zero-order chi connectivity index (χ0) is 10.8. The third-order valence-corrected chi connectivity index (χ3v) is 2.66. The number of likely N-dealkylation sites (tertiary alicyclic amines) is 1. The van der Waals surface area contributed by atoms with E-state index in [9.17, 15) is 8.42 Å². The molecule has 80 valence electrons. The molecule has 1 heterocycles. The average molecular weight is 219 g/mol. The Balaban J connectivity index is 2.91. The summed E-state index contributed by atoms with van der Waals surface area (Å²) in [4.78, 5) is 1.76. The number of hydrogen-bond acceptors (Lipinski definition) is 2. The minimum absolute atomic E-state index is 0.495. The van der Waals surface area contributed by atoms with Gasteiger partial charge in [-0.05, 0) is 6.42 Å². The molecule has 1 rings (SSSR count). The van der Waals surface area contributed by atoms with Gasteiger partial charge in [0.1, 0.15) is 5.84 Å². The number of nitrogens with two attached hydrogens (primary N) is 2. The van der Waals surface area contributed by atoms with Crippen molar-refractivity contribution in [2.75, 3.05) is 13.6 Å². The van der Waals surface area contributed by atoms with Gasteiger partial charge in [0.15, 0.2) is 0 Å². The molecule has 0 saturated carbocycles. The third-order valence-electron chi connectivity index (χ3n) is 1.78. The predicted octanol–water partition coefficient (Wildman–Crippen LogP) is -1.37. The van der Waals surface area contributed by atoms with Crippen LogP contribution in [0.1, 0.15) is 12.8 Å². The number of guanidine groups is 1. The molecule has 0 atom stereocenters. The fourth-order valence-corrected chi connectivity index (χ4v) is 2.00. The maximum atomic E-state index is 11.2. The first-order valence-corrected chi connectivity index (χ1v) is 5.46. The highest BCUT2D eigenvalue weighted by atomic mass is 32.2. The molecule has 14 heavy (non-hydrogen) atoms. The van der Waals surface area contributed by atoms with E-state index in [1.54, 1.807) is 11.9 Å². The van der Waals surface area contributed by atoms with Crippen LogP contribution in [0.3, 0.4) is 0 Å². The van der Waals surface area contributed by atoms with Crippen molar-refractivity contribution in [3.63, 3.8) is 0 Å². The first-order valence-electron chi connectivity index (χ1n) is 4.06. The molecule has 0 aromatic heterocycles. The lowest BCUT2D eigenvalue weighted by atomic mass is 10.4. The molecule has 0 amide bonds. The number of nitrogens with zero attached hydrogens (tertiary/aromatic N) is 3. The van der Waals surface area contributed by atoms with Gasteiger partial charge < -0.3 is 16.4 Å². The molecule has 0 aliphatic carbocycles. The Labute approximate surface area is 82.7 Å². The second-order valence-electron chi connectivity index (χ2n) is 3.00. The Hall–Kier alpha value is -1.31. The molecular formula is C6H13N5O2S. The van der Waals surface area contributed by atoms with Crippen molar-refractivity contribution in [2.45, 2.75) is 12.8 Å². The first kappa shape index (κ1) is 10.8. The van der Waals surface area contributed by atoms with Crippen molar-refractivity contribution < 1.29 is 8.42 Å². The standard InChI is InChI=1S/C6H13N5O2S/c1-11-4-2-3-5(11)9-14(12,13)10-6(7)8/h2-4H2,1H3,(H4,7,8,10)/b9-5+. The maximum absolute atomic E-state index is 11.2. The first-order chi connectivity index (χ1) is 6.41. The monoisotopic (exact) mass is 219 g/mol. The van der Waals surface area contributed by atoms with Gasteiger partial charge in [0, 0.05) is 20.0 Å². The summed E-state index contributed by atoms with van der Waals surface area (Å²) in [6, 6.07) is 0. The van der Waals surface area contributed by atoms with E-state index in [-0.39, 0.29) is 0 Å². The molecule has 1 fully saturated rings. The Morgan fingerprint density at radius 2 is 2.14 bits per heavy atom. The summed E-state index contributed by atoms with van der Waals surface area (Å²) in [6.07, 6.45) is 1.53. The van der Waals surface area contributed by atoms with E-state index in [4.69, 9.17) is 11.5 Å². The van der Waals surface area contributed by atoms with Crippen LogP contribution in [-0.4, -0.2) is 38.7 Å². The molecule has 1 aliphatic heterocycles. The number of hydrogen-bond donors (Lipinski definition) is 2. The smallest absolute Gasteiger partial charge is 0.367 e. The fraction of sp³-hybridized carbons (Fsp3) is 0.667. The van der Waals surface area contributed by atoms with E-state index in [1.807, 2.05) is 0 Å². The Kier molecular flexibility index (Phi) is 2.94. The summed E-state index contributed by atoms with van der Waals surface area (Å²) in [5.74, 6) is -0.00926. The largest absolute Gasteiger partial charge is 0.369 e. The number of rotatable bonds is 2. The van der Waals surface area contributed by atoms with Crippen LogP contribution in [0.2, 0.25) is 0 Å². The van der Waals surface area contributed by atoms with Crippen LogP contribution in [0.25, 0.3) is 0 Å². The van der Waals surface area contributed by atoms with Crippen molar-refractivity contribution in [3.05, 3.63) is 0 Å². The molecule has 0 radical (unpaired) electrons. The lowest BCUT2D eigenvalue weighted by Gasteiger charge is -2.09. The van der Waals surface area contributed by atoms with Crippen LogP contribution in [-0.2, 0) is 10.2 Å². The van der Waals surface area contributed by atoms with E-state index < -0.39 is 16.2 Å². The van der Waals surface area contributed by atoms with Crippen molar-refractivity contribution in [2.24, 2.45) is 20.3 Å². The van der Waals surface area contributed by atoms with Gasteiger partial charge in [-0.25, -0.2) is 0 Å². The summed E-state index contributed by atoms with van der Waals surface area (Å²) in [6.45, 7) is 0.802. The van der Waals surface area contributed by atoms with Gasteiger partial charge in [0.05, 0.1) is 0 Å². The third kappa shape index (κ3) is 2.87. The van der Waals surface area contributed by atoms with Crippen molar-refractivity contribution in [1.29, 1.82) is 0 Å². The van der Waals surface area contributed by atoms with E-state index >= 15 is 0 Å². The van der Waals surface area contributed by atoms with Crippen molar-refractivity contribution in [1.82, 2.24) is 4.90 Å². The highest BCUT2D eigenvalue weighted by Gasteiger charge is 2.17. The van der Waals surface area contributed by atoms with Crippen molar-refractivity contribution >= 4 is 22.0 Å². The molecule has 0 aromatic rings. The minimum atomic E-state index is -3.91. The van der Waals surface area contributed by atoms with Gasteiger partial charge in [0.25, 0.3) is 0 Å². The van der Waals surface area contributed by atoms with Crippen LogP contribution < -0.4 is 11.5 Å². The molecule has 7 nitrogen and oxygen atoms in total. The summed E-state index contributed by atoms with van der Waals surface area (Å²) in [7, 11) is -2.14. The zero-order valence-corrected chi connectivity index (χ0v) is 8.66. The summed E-state index contributed by atoms with van der Waals surface area (Å²) < 4.78 is 28.9. The van der Waals surface area contributed by atoms with Gasteiger partial charge in [-0.2, -0.15) is 8.42 Å². The van der Waals surface area contributed by atoms with Gasteiger partial charge in [-0.15, -0.1) is 8.80 Å². The van der Waals surface area contributed by atoms with E-state index in [2.05, 4.69) is 8.80 Å². The molecule has 0 bridgehead atoms. The molecule has 1 aliphatic rings. The van der Waals surface area contributed by atoms with Crippen LogP contribution >= 0.6 is 0 Å². The summed E-state index contributed by atoms with van der Waals surface area (Å²) in [5.41, 5.74) is 9.91.